The van der Waals surface area contributed by atoms with Crippen molar-refractivity contribution in [3.05, 3.63) is 23.8 Å². The molecule has 0 radical (unpaired) electrons. The van der Waals surface area contributed by atoms with Crippen molar-refractivity contribution < 1.29 is 14.3 Å². The van der Waals surface area contributed by atoms with E-state index >= 15 is 0 Å². The van der Waals surface area contributed by atoms with Gasteiger partial charge >= 0.3 is 0 Å². The van der Waals surface area contributed by atoms with Crippen LogP contribution < -0.4 is 21.1 Å². The topological polar surface area (TPSA) is 93.5 Å². The molecule has 1 aromatic carbocycles. The molecule has 2 amide bonds. The number of hydrogen-bond acceptors (Lipinski definition) is 4. The van der Waals surface area contributed by atoms with Crippen molar-refractivity contribution in [1.82, 2.24) is 10.6 Å². The molecule has 0 bridgehead atoms. The summed E-state index contributed by atoms with van der Waals surface area (Å²) in [6, 6.07) is 4.94. The second-order valence-electron chi connectivity index (χ2n) is 3.96. The Labute approximate surface area is 112 Å². The number of nitrogen functional groups attached to an aromatic ring is 1. The second kappa shape index (κ2) is 7.25. The van der Waals surface area contributed by atoms with E-state index in [1.807, 2.05) is 6.92 Å². The number of ether oxygens (including phenoxy) is 1. The lowest BCUT2D eigenvalue weighted by molar-refractivity contribution is -0.120. The highest BCUT2D eigenvalue weighted by Crippen LogP contribution is 2.23. The van der Waals surface area contributed by atoms with Gasteiger partial charge < -0.3 is 21.1 Å². The number of nitrogens with two attached hydrogens (primary N) is 1. The summed E-state index contributed by atoms with van der Waals surface area (Å²) in [5.74, 6) is -0.281. The summed E-state index contributed by atoms with van der Waals surface area (Å²) in [4.78, 5) is 23.4. The van der Waals surface area contributed by atoms with E-state index in [-0.39, 0.29) is 18.0 Å². The van der Waals surface area contributed by atoms with E-state index in [9.17, 15) is 9.59 Å². The first-order chi connectivity index (χ1) is 9.10. The molecule has 0 saturated heterocycles. The lowest BCUT2D eigenvalue weighted by atomic mass is 10.1. The van der Waals surface area contributed by atoms with Gasteiger partial charge in [-0.25, -0.2) is 0 Å². The highest BCUT2D eigenvalue weighted by molar-refractivity contribution is 6.03. The Bertz CT molecular complexity index is 460. The monoisotopic (exact) mass is 265 g/mol. The van der Waals surface area contributed by atoms with E-state index in [1.165, 1.54) is 7.11 Å². The zero-order valence-corrected chi connectivity index (χ0v) is 11.2. The predicted molar refractivity (Wildman–Crippen MR) is 73.0 cm³/mol. The Kier molecular flexibility index (Phi) is 5.66. The molecule has 0 aliphatic rings. The number of rotatable bonds is 6. The van der Waals surface area contributed by atoms with Crippen LogP contribution in [0.5, 0.6) is 5.75 Å². The third kappa shape index (κ3) is 4.17. The lowest BCUT2D eigenvalue weighted by Gasteiger charge is -2.11. The van der Waals surface area contributed by atoms with E-state index in [0.29, 0.717) is 18.0 Å². The Hall–Kier alpha value is -2.24. The van der Waals surface area contributed by atoms with Crippen LogP contribution >= 0.6 is 0 Å². The predicted octanol–water partition coefficient (Wildman–Crippen LogP) is 0.533. The van der Waals surface area contributed by atoms with Crippen molar-refractivity contribution in [2.45, 2.75) is 13.3 Å². The maximum atomic E-state index is 12.0. The van der Waals surface area contributed by atoms with Gasteiger partial charge in [-0.05, 0) is 18.6 Å². The van der Waals surface area contributed by atoms with Crippen LogP contribution in [0.2, 0.25) is 0 Å². The minimum Gasteiger partial charge on any atom is -0.496 e. The molecule has 6 heteroatoms. The molecule has 1 rings (SSSR count). The minimum atomic E-state index is -0.429. The molecule has 104 valence electrons. The van der Waals surface area contributed by atoms with Gasteiger partial charge in [0.2, 0.25) is 5.91 Å². The van der Waals surface area contributed by atoms with Crippen LogP contribution in [0.3, 0.4) is 0 Å². The molecule has 0 atom stereocenters. The van der Waals surface area contributed by atoms with E-state index in [4.69, 9.17) is 10.5 Å². The van der Waals surface area contributed by atoms with Crippen molar-refractivity contribution in [2.24, 2.45) is 0 Å². The van der Waals surface area contributed by atoms with Crippen LogP contribution in [-0.4, -0.2) is 32.0 Å². The summed E-state index contributed by atoms with van der Waals surface area (Å²) in [6.45, 7) is 2.45. The first kappa shape index (κ1) is 14.8. The van der Waals surface area contributed by atoms with Crippen molar-refractivity contribution in [3.8, 4) is 5.75 Å². The molecule has 0 heterocycles. The Balaban J connectivity index is 2.66. The quantitative estimate of drug-likeness (QED) is 0.654. The van der Waals surface area contributed by atoms with E-state index in [1.54, 1.807) is 18.2 Å². The summed E-state index contributed by atoms with van der Waals surface area (Å²) >= 11 is 0. The van der Waals surface area contributed by atoms with E-state index in [2.05, 4.69) is 10.6 Å². The fraction of sp³-hybridized carbons (Fsp3) is 0.385. The van der Waals surface area contributed by atoms with Gasteiger partial charge in [0.1, 0.15) is 11.3 Å². The summed E-state index contributed by atoms with van der Waals surface area (Å²) in [5.41, 5.74) is 6.30. The zero-order chi connectivity index (χ0) is 14.3. The number of hydrogen-bond donors (Lipinski definition) is 3. The van der Waals surface area contributed by atoms with E-state index in [0.717, 1.165) is 6.42 Å². The Morgan fingerprint density at radius 3 is 2.68 bits per heavy atom. The summed E-state index contributed by atoms with van der Waals surface area (Å²) in [7, 11) is 1.46. The molecule has 0 aliphatic heterocycles. The van der Waals surface area contributed by atoms with Gasteiger partial charge in [0.05, 0.1) is 13.7 Å². The van der Waals surface area contributed by atoms with Crippen LogP contribution in [0.15, 0.2) is 18.2 Å². The van der Waals surface area contributed by atoms with Crippen LogP contribution in [0.4, 0.5) is 5.69 Å². The maximum Gasteiger partial charge on any atom is 0.257 e. The number of amides is 2. The Morgan fingerprint density at radius 2 is 2.05 bits per heavy atom. The average Bonchev–Trinajstić information content (AvgIpc) is 2.42. The van der Waals surface area contributed by atoms with Gasteiger partial charge in [-0.1, -0.05) is 13.0 Å². The fourth-order valence-electron chi connectivity index (χ4n) is 1.54. The van der Waals surface area contributed by atoms with Crippen LogP contribution in [0, 0.1) is 0 Å². The Morgan fingerprint density at radius 1 is 1.32 bits per heavy atom. The molecule has 0 fully saturated rings. The fourth-order valence-corrected chi connectivity index (χ4v) is 1.54. The largest absolute Gasteiger partial charge is 0.496 e. The zero-order valence-electron chi connectivity index (χ0n) is 11.2. The molecule has 0 aliphatic carbocycles. The third-order valence-electron chi connectivity index (χ3n) is 2.49. The summed E-state index contributed by atoms with van der Waals surface area (Å²) in [6.07, 6.45) is 0.846. The molecule has 0 unspecified atom stereocenters. The molecule has 0 saturated carbocycles. The van der Waals surface area contributed by atoms with Gasteiger partial charge in [0, 0.05) is 12.2 Å². The number of carbonyl (C=O) groups is 2. The standard InChI is InChI=1S/C13H19N3O3/c1-3-7-15-11(17)8-16-13(18)12-9(14)5-4-6-10(12)19-2/h4-6H,3,7-8,14H2,1-2H3,(H,15,17)(H,16,18). The number of methoxy groups -OCH3 is 1. The van der Waals surface area contributed by atoms with Crippen molar-refractivity contribution >= 4 is 17.5 Å². The van der Waals surface area contributed by atoms with Gasteiger partial charge in [-0.15, -0.1) is 0 Å². The highest BCUT2D eigenvalue weighted by atomic mass is 16.5. The molecule has 0 spiro atoms. The van der Waals surface area contributed by atoms with Gasteiger partial charge in [-0.2, -0.15) is 0 Å². The van der Waals surface area contributed by atoms with Gasteiger partial charge in [0.15, 0.2) is 0 Å². The SMILES string of the molecule is CCCNC(=O)CNC(=O)c1c(N)cccc1OC. The van der Waals surface area contributed by atoms with Crippen LogP contribution in [-0.2, 0) is 4.79 Å². The number of carbonyl (C=O) groups excluding carboxylic acids is 2. The molecular weight excluding hydrogens is 246 g/mol. The van der Waals surface area contributed by atoms with Crippen LogP contribution in [0.1, 0.15) is 23.7 Å². The smallest absolute Gasteiger partial charge is 0.257 e. The highest BCUT2D eigenvalue weighted by Gasteiger charge is 2.16. The van der Waals surface area contributed by atoms with Crippen molar-refractivity contribution in [1.29, 1.82) is 0 Å². The average molecular weight is 265 g/mol. The second-order valence-corrected chi connectivity index (χ2v) is 3.96. The van der Waals surface area contributed by atoms with E-state index < -0.39 is 5.91 Å². The lowest BCUT2D eigenvalue weighted by Crippen LogP contribution is -2.37. The van der Waals surface area contributed by atoms with Gasteiger partial charge in [0.25, 0.3) is 5.91 Å². The molecule has 4 N–H and O–H groups in total. The maximum absolute atomic E-state index is 12.0. The first-order valence-corrected chi connectivity index (χ1v) is 6.07. The molecule has 1 aromatic rings. The molecule has 0 aromatic heterocycles. The molecular formula is C13H19N3O3. The minimum absolute atomic E-state index is 0.0870. The molecule has 19 heavy (non-hydrogen) atoms. The molecule has 6 nitrogen and oxygen atoms in total. The number of benzene rings is 1. The van der Waals surface area contributed by atoms with Crippen molar-refractivity contribution in [3.63, 3.8) is 0 Å². The van der Waals surface area contributed by atoms with Gasteiger partial charge in [-0.3, -0.25) is 9.59 Å². The van der Waals surface area contributed by atoms with Crippen molar-refractivity contribution in [2.75, 3.05) is 25.9 Å². The van der Waals surface area contributed by atoms with Crippen LogP contribution in [0.25, 0.3) is 0 Å². The first-order valence-electron chi connectivity index (χ1n) is 6.07. The third-order valence-corrected chi connectivity index (χ3v) is 2.49. The summed E-state index contributed by atoms with van der Waals surface area (Å²) in [5, 5.41) is 5.18. The summed E-state index contributed by atoms with van der Waals surface area (Å²) < 4.78 is 5.08. The normalized spacial score (nSPS) is 9.79. The number of anilines is 1. The number of nitrogens with one attached hydrogen (secondary N) is 2.